The van der Waals surface area contributed by atoms with Crippen molar-refractivity contribution in [1.29, 1.82) is 0 Å². The molecule has 0 saturated heterocycles. The van der Waals surface area contributed by atoms with Crippen molar-refractivity contribution in [2.24, 2.45) is 5.92 Å². The molecule has 0 aliphatic heterocycles. The molecule has 0 amide bonds. The van der Waals surface area contributed by atoms with Crippen LogP contribution in [-0.2, 0) is 0 Å². The van der Waals surface area contributed by atoms with Crippen LogP contribution in [0.15, 0.2) is 0 Å². The van der Waals surface area contributed by atoms with E-state index in [1.165, 1.54) is 51.4 Å². The number of rotatable bonds is 0. The van der Waals surface area contributed by atoms with Gasteiger partial charge in [-0.3, -0.25) is 0 Å². The minimum atomic E-state index is 0. The fraction of sp³-hybridized carbons (Fsp3) is 0.900. The van der Waals surface area contributed by atoms with Gasteiger partial charge in [-0.2, -0.15) is 19.3 Å². The minimum absolute atomic E-state index is 0. The summed E-state index contributed by atoms with van der Waals surface area (Å²) in [6, 6.07) is 0. The van der Waals surface area contributed by atoms with E-state index in [1.807, 2.05) is 5.92 Å². The van der Waals surface area contributed by atoms with Crippen molar-refractivity contribution in [1.82, 2.24) is 0 Å². The number of fused-ring (bicyclic) bond motifs is 5. The zero-order valence-electron chi connectivity index (χ0n) is 7.73. The van der Waals surface area contributed by atoms with Crippen molar-refractivity contribution in [3.05, 3.63) is 5.92 Å². The molecule has 3 aliphatic carbocycles. The monoisotopic (exact) mass is 144 g/mol. The molecule has 0 aromatic heterocycles. The van der Waals surface area contributed by atoms with Crippen molar-refractivity contribution in [2.45, 2.75) is 51.4 Å². The molecular formula is C10H17Li. The van der Waals surface area contributed by atoms with E-state index in [2.05, 4.69) is 0 Å². The molecule has 0 atom stereocenters. The third-order valence-corrected chi connectivity index (χ3v) is 3.20. The maximum absolute atomic E-state index is 1.89. The molecule has 2 bridgehead atoms. The van der Waals surface area contributed by atoms with Crippen LogP contribution in [0.4, 0.5) is 0 Å². The van der Waals surface area contributed by atoms with Crippen LogP contribution in [0.25, 0.3) is 0 Å². The molecule has 0 N–H and O–H groups in total. The molecule has 3 aliphatic rings. The van der Waals surface area contributed by atoms with Crippen LogP contribution in [0, 0.1) is 11.8 Å². The summed E-state index contributed by atoms with van der Waals surface area (Å²) in [6.45, 7) is 0. The van der Waals surface area contributed by atoms with Gasteiger partial charge in [0.1, 0.15) is 0 Å². The third-order valence-electron chi connectivity index (χ3n) is 3.20. The average molecular weight is 144 g/mol. The predicted octanol–water partition coefficient (Wildman–Crippen LogP) is 0.329. The van der Waals surface area contributed by atoms with Gasteiger partial charge in [0.05, 0.1) is 0 Å². The normalized spacial score (nSPS) is 27.3. The van der Waals surface area contributed by atoms with Crippen LogP contribution in [0.2, 0.25) is 0 Å². The van der Waals surface area contributed by atoms with Crippen LogP contribution < -0.4 is 18.9 Å². The minimum Gasteiger partial charge on any atom is -0.314 e. The zero-order valence-corrected chi connectivity index (χ0v) is 7.73. The van der Waals surface area contributed by atoms with Gasteiger partial charge < -0.3 is 5.92 Å². The van der Waals surface area contributed by atoms with Crippen LogP contribution in [0.3, 0.4) is 0 Å². The maximum atomic E-state index is 1.89. The molecule has 11 heavy (non-hydrogen) atoms. The van der Waals surface area contributed by atoms with Crippen LogP contribution in [0.1, 0.15) is 51.4 Å². The van der Waals surface area contributed by atoms with E-state index in [0.29, 0.717) is 0 Å². The van der Waals surface area contributed by atoms with Crippen LogP contribution in [-0.4, -0.2) is 0 Å². The van der Waals surface area contributed by atoms with Crippen LogP contribution in [0.5, 0.6) is 0 Å². The maximum Gasteiger partial charge on any atom is 1.00 e. The fourth-order valence-corrected chi connectivity index (χ4v) is 2.43. The van der Waals surface area contributed by atoms with Crippen molar-refractivity contribution in [2.75, 3.05) is 0 Å². The Morgan fingerprint density at radius 2 is 1.55 bits per heavy atom. The second-order valence-corrected chi connectivity index (χ2v) is 3.94. The van der Waals surface area contributed by atoms with Gasteiger partial charge in [-0.25, -0.2) is 0 Å². The molecule has 0 spiro atoms. The second kappa shape index (κ2) is 4.58. The van der Waals surface area contributed by atoms with Crippen molar-refractivity contribution < 1.29 is 18.9 Å². The Hall–Kier alpha value is 0.597. The van der Waals surface area contributed by atoms with Gasteiger partial charge in [0, 0.05) is 0 Å². The topological polar surface area (TPSA) is 0 Å². The first-order valence-corrected chi connectivity index (χ1v) is 4.79. The summed E-state index contributed by atoms with van der Waals surface area (Å²) in [7, 11) is 0. The molecular weight excluding hydrogens is 127 g/mol. The second-order valence-electron chi connectivity index (χ2n) is 3.94. The fourth-order valence-electron chi connectivity index (χ4n) is 2.43. The Balaban J connectivity index is 0.000000605. The van der Waals surface area contributed by atoms with E-state index in [4.69, 9.17) is 0 Å². The molecule has 0 aromatic rings. The van der Waals surface area contributed by atoms with Crippen molar-refractivity contribution in [3.8, 4) is 0 Å². The largest absolute Gasteiger partial charge is 1.00 e. The first-order valence-electron chi connectivity index (χ1n) is 4.79. The summed E-state index contributed by atoms with van der Waals surface area (Å²) in [5.74, 6) is 3.00. The quantitative estimate of drug-likeness (QED) is 0.339. The number of hydrogen-bond donors (Lipinski definition) is 0. The molecule has 0 heterocycles. The zero-order chi connectivity index (χ0) is 6.81. The smallest absolute Gasteiger partial charge is 0.314 e. The van der Waals surface area contributed by atoms with Crippen molar-refractivity contribution >= 4 is 0 Å². The van der Waals surface area contributed by atoms with E-state index in [0.717, 1.165) is 5.92 Å². The third kappa shape index (κ3) is 2.53. The van der Waals surface area contributed by atoms with Gasteiger partial charge in [-0.15, -0.1) is 0 Å². The van der Waals surface area contributed by atoms with Gasteiger partial charge in [0.25, 0.3) is 0 Å². The SMILES string of the molecule is C1CCC2CC[C-](C1)CC2.[Li+]. The Morgan fingerprint density at radius 3 is 2.27 bits per heavy atom. The van der Waals surface area contributed by atoms with Crippen LogP contribution >= 0.6 is 0 Å². The van der Waals surface area contributed by atoms with E-state index in [-0.39, 0.29) is 18.9 Å². The summed E-state index contributed by atoms with van der Waals surface area (Å²) in [4.78, 5) is 0. The van der Waals surface area contributed by atoms with E-state index < -0.39 is 0 Å². The van der Waals surface area contributed by atoms with Gasteiger partial charge in [-0.1, -0.05) is 32.1 Å². The molecule has 3 rings (SSSR count). The van der Waals surface area contributed by atoms with Crippen molar-refractivity contribution in [3.63, 3.8) is 0 Å². The summed E-state index contributed by atoms with van der Waals surface area (Å²) < 4.78 is 0. The standard InChI is InChI=1S/C10H17.Li/c1-2-4-10-7-5-9(3-1)6-8-10;/h9H,1-8H2;/q-1;+1. The van der Waals surface area contributed by atoms with Gasteiger partial charge in [0.15, 0.2) is 0 Å². The molecule has 3 fully saturated rings. The average Bonchev–Trinajstić information content (AvgIpc) is 1.89. The summed E-state index contributed by atoms with van der Waals surface area (Å²) in [5, 5.41) is 0. The van der Waals surface area contributed by atoms with E-state index >= 15 is 0 Å². The number of hydrogen-bond acceptors (Lipinski definition) is 0. The first-order chi connectivity index (χ1) is 4.95. The predicted molar refractivity (Wildman–Crippen MR) is 43.7 cm³/mol. The Bertz CT molecular complexity index is 83.9. The van der Waals surface area contributed by atoms with Gasteiger partial charge in [0.2, 0.25) is 0 Å². The van der Waals surface area contributed by atoms with Gasteiger partial charge >= 0.3 is 18.9 Å². The van der Waals surface area contributed by atoms with Gasteiger partial charge in [-0.05, 0) is 5.92 Å². The molecule has 58 valence electrons. The molecule has 0 radical (unpaired) electrons. The molecule has 0 nitrogen and oxygen atoms in total. The molecule has 0 unspecified atom stereocenters. The summed E-state index contributed by atoms with van der Waals surface area (Å²) in [6.07, 6.45) is 12.0. The first kappa shape index (κ1) is 9.68. The summed E-state index contributed by atoms with van der Waals surface area (Å²) >= 11 is 0. The molecule has 3 saturated carbocycles. The van der Waals surface area contributed by atoms with E-state index in [1.54, 1.807) is 0 Å². The van der Waals surface area contributed by atoms with E-state index in [9.17, 15) is 0 Å². The molecule has 1 heteroatoms. The molecule has 0 aromatic carbocycles. The Kier molecular flexibility index (Phi) is 4.03. The summed E-state index contributed by atoms with van der Waals surface area (Å²) in [5.41, 5.74) is 0. The Morgan fingerprint density at radius 1 is 0.818 bits per heavy atom. The Labute approximate surface area is 82.3 Å².